The first-order chi connectivity index (χ1) is 13.8. The Morgan fingerprint density at radius 2 is 2.03 bits per heavy atom. The van der Waals surface area contributed by atoms with Crippen LogP contribution < -0.4 is 0 Å². The van der Waals surface area contributed by atoms with Crippen LogP contribution in [0.2, 0.25) is 0 Å². The number of sulfone groups is 1. The van der Waals surface area contributed by atoms with Gasteiger partial charge in [-0.15, -0.1) is 0 Å². The molecule has 1 aromatic rings. The van der Waals surface area contributed by atoms with Gasteiger partial charge in [0, 0.05) is 19.6 Å². The molecule has 4 atom stereocenters. The Morgan fingerprint density at radius 1 is 1.28 bits per heavy atom. The highest BCUT2D eigenvalue weighted by molar-refractivity contribution is 7.91. The molecule has 8 heteroatoms. The van der Waals surface area contributed by atoms with Crippen LogP contribution in [0, 0.1) is 18.8 Å². The number of likely N-dealkylation sites (tertiary alicyclic amines) is 1. The second kappa shape index (κ2) is 6.40. The van der Waals surface area contributed by atoms with Gasteiger partial charge in [-0.05, 0) is 12.5 Å². The summed E-state index contributed by atoms with van der Waals surface area (Å²) >= 11 is 0. The van der Waals surface area contributed by atoms with Crippen LogP contribution in [0.1, 0.15) is 11.1 Å². The lowest BCUT2D eigenvalue weighted by atomic mass is 9.76. The molecule has 3 saturated heterocycles. The lowest BCUT2D eigenvalue weighted by molar-refractivity contribution is -0.143. The van der Waals surface area contributed by atoms with Gasteiger partial charge in [0.15, 0.2) is 9.84 Å². The number of hydrogen-bond donors (Lipinski definition) is 0. The van der Waals surface area contributed by atoms with Gasteiger partial charge in [0.1, 0.15) is 5.60 Å². The molecule has 29 heavy (non-hydrogen) atoms. The number of carbonyl (C=O) groups is 2. The van der Waals surface area contributed by atoms with Crippen LogP contribution in [0.25, 0.3) is 0 Å². The van der Waals surface area contributed by atoms with E-state index in [1.165, 1.54) is 0 Å². The van der Waals surface area contributed by atoms with E-state index in [9.17, 15) is 18.0 Å². The molecular weight excluding hydrogens is 392 g/mol. The SMILES string of the molecule is Cc1cccc(CN2C[C@]34C=C[C@H](O3)[C@@H](C(=O)N3CCS(=O)(=O)CC3)[C@@H]4C2=O)c1. The van der Waals surface area contributed by atoms with Crippen LogP contribution in [-0.2, 0) is 30.7 Å². The Labute approximate surface area is 170 Å². The van der Waals surface area contributed by atoms with E-state index in [-0.39, 0.29) is 36.4 Å². The van der Waals surface area contributed by atoms with Crippen LogP contribution in [0.5, 0.6) is 0 Å². The van der Waals surface area contributed by atoms with Gasteiger partial charge < -0.3 is 14.5 Å². The van der Waals surface area contributed by atoms with Crippen molar-refractivity contribution in [1.29, 1.82) is 0 Å². The number of benzene rings is 1. The van der Waals surface area contributed by atoms with E-state index < -0.39 is 33.4 Å². The molecule has 7 nitrogen and oxygen atoms in total. The zero-order valence-electron chi connectivity index (χ0n) is 16.3. The molecule has 3 fully saturated rings. The zero-order chi connectivity index (χ0) is 20.4. The molecule has 154 valence electrons. The fourth-order valence-corrected chi connectivity index (χ4v) is 6.37. The summed E-state index contributed by atoms with van der Waals surface area (Å²) in [6.07, 6.45) is 3.43. The van der Waals surface area contributed by atoms with Gasteiger partial charge >= 0.3 is 0 Å². The Bertz CT molecular complexity index is 1010. The molecule has 0 saturated carbocycles. The van der Waals surface area contributed by atoms with Crippen molar-refractivity contribution >= 4 is 21.7 Å². The first kappa shape index (κ1) is 18.8. The minimum absolute atomic E-state index is 0.0178. The molecule has 1 spiro atoms. The summed E-state index contributed by atoms with van der Waals surface area (Å²) in [4.78, 5) is 29.9. The smallest absolute Gasteiger partial charge is 0.230 e. The van der Waals surface area contributed by atoms with Gasteiger partial charge in [-0.3, -0.25) is 9.59 Å². The summed E-state index contributed by atoms with van der Waals surface area (Å²) in [6.45, 7) is 3.33. The first-order valence-corrected chi connectivity index (χ1v) is 11.8. The van der Waals surface area contributed by atoms with Gasteiger partial charge in [0.05, 0.1) is 36.0 Å². The van der Waals surface area contributed by atoms with Crippen LogP contribution >= 0.6 is 0 Å². The minimum Gasteiger partial charge on any atom is -0.360 e. The topological polar surface area (TPSA) is 84.0 Å². The summed E-state index contributed by atoms with van der Waals surface area (Å²) < 4.78 is 29.6. The number of amides is 2. The lowest BCUT2D eigenvalue weighted by Crippen LogP contribution is -2.50. The highest BCUT2D eigenvalue weighted by Crippen LogP contribution is 2.52. The third kappa shape index (κ3) is 3.00. The van der Waals surface area contributed by atoms with Gasteiger partial charge in [-0.25, -0.2) is 8.42 Å². The van der Waals surface area contributed by atoms with E-state index in [2.05, 4.69) is 6.07 Å². The van der Waals surface area contributed by atoms with E-state index in [4.69, 9.17) is 4.74 Å². The minimum atomic E-state index is -3.07. The van der Waals surface area contributed by atoms with Gasteiger partial charge in [-0.1, -0.05) is 42.0 Å². The average Bonchev–Trinajstić information content (AvgIpc) is 3.30. The van der Waals surface area contributed by atoms with Crippen molar-refractivity contribution in [3.05, 3.63) is 47.5 Å². The van der Waals surface area contributed by atoms with Crippen molar-refractivity contribution in [3.63, 3.8) is 0 Å². The number of rotatable bonds is 3. The molecule has 0 aliphatic carbocycles. The molecular formula is C21H24N2O5S. The molecule has 4 aliphatic rings. The van der Waals surface area contributed by atoms with E-state index in [0.717, 1.165) is 11.1 Å². The second-order valence-electron chi connectivity index (χ2n) is 8.56. The van der Waals surface area contributed by atoms with Crippen LogP contribution in [0.15, 0.2) is 36.4 Å². The lowest BCUT2D eigenvalue weighted by Gasteiger charge is -2.32. The summed E-state index contributed by atoms with van der Waals surface area (Å²) in [5, 5.41) is 0. The summed E-state index contributed by atoms with van der Waals surface area (Å²) in [5.41, 5.74) is 1.45. The Balaban J connectivity index is 1.37. The van der Waals surface area contributed by atoms with Crippen molar-refractivity contribution in [2.24, 2.45) is 11.8 Å². The largest absolute Gasteiger partial charge is 0.360 e. The van der Waals surface area contributed by atoms with Gasteiger partial charge in [0.2, 0.25) is 11.8 Å². The standard InChI is InChI=1S/C21H24N2O5S/c1-14-3-2-4-15(11-14)12-23-13-21-6-5-16(28-21)17(18(21)20(23)25)19(24)22-7-9-29(26,27)10-8-22/h2-6,11,16-18H,7-10,12-13H2,1H3/t16-,17+,18+,21-/m0/s1. The van der Waals surface area contributed by atoms with Crippen molar-refractivity contribution in [1.82, 2.24) is 9.80 Å². The summed E-state index contributed by atoms with van der Waals surface area (Å²) in [7, 11) is -3.07. The number of fused-ring (bicyclic) bond motifs is 1. The van der Waals surface area contributed by atoms with Crippen molar-refractivity contribution in [2.45, 2.75) is 25.2 Å². The molecule has 4 heterocycles. The highest BCUT2D eigenvalue weighted by atomic mass is 32.2. The molecule has 2 bridgehead atoms. The fraction of sp³-hybridized carbons (Fsp3) is 0.524. The third-order valence-corrected chi connectivity index (χ3v) is 8.19. The molecule has 0 unspecified atom stereocenters. The molecule has 0 N–H and O–H groups in total. The van der Waals surface area contributed by atoms with Crippen LogP contribution in [-0.4, -0.2) is 72.9 Å². The number of nitrogens with zero attached hydrogens (tertiary/aromatic N) is 2. The number of hydrogen-bond acceptors (Lipinski definition) is 5. The van der Waals surface area contributed by atoms with Crippen LogP contribution in [0.3, 0.4) is 0 Å². The summed E-state index contributed by atoms with van der Waals surface area (Å²) in [5.74, 6) is -1.36. The molecule has 4 aliphatic heterocycles. The molecule has 5 rings (SSSR count). The zero-order valence-corrected chi connectivity index (χ0v) is 17.1. The second-order valence-corrected chi connectivity index (χ2v) is 10.9. The predicted octanol–water partition coefficient (Wildman–Crippen LogP) is 0.534. The van der Waals surface area contributed by atoms with E-state index in [0.29, 0.717) is 13.1 Å². The number of ether oxygens (including phenoxy) is 1. The molecule has 2 amide bonds. The average molecular weight is 416 g/mol. The third-order valence-electron chi connectivity index (χ3n) is 6.58. The number of carbonyl (C=O) groups excluding carboxylic acids is 2. The number of aryl methyl sites for hydroxylation is 1. The van der Waals surface area contributed by atoms with Crippen LogP contribution in [0.4, 0.5) is 0 Å². The molecule has 0 radical (unpaired) electrons. The van der Waals surface area contributed by atoms with Crippen molar-refractivity contribution < 1.29 is 22.7 Å². The maximum absolute atomic E-state index is 13.3. The molecule has 1 aromatic carbocycles. The summed E-state index contributed by atoms with van der Waals surface area (Å²) in [6, 6.07) is 8.05. The predicted molar refractivity (Wildman–Crippen MR) is 106 cm³/mol. The fourth-order valence-electron chi connectivity index (χ4n) is 5.17. The quantitative estimate of drug-likeness (QED) is 0.672. The van der Waals surface area contributed by atoms with Crippen molar-refractivity contribution in [2.75, 3.05) is 31.1 Å². The molecule has 0 aromatic heterocycles. The maximum Gasteiger partial charge on any atom is 0.230 e. The Kier molecular flexibility index (Phi) is 4.15. The van der Waals surface area contributed by atoms with E-state index in [1.807, 2.05) is 37.3 Å². The maximum atomic E-state index is 13.3. The first-order valence-electron chi connectivity index (χ1n) is 9.99. The van der Waals surface area contributed by atoms with E-state index in [1.54, 1.807) is 9.80 Å². The van der Waals surface area contributed by atoms with Crippen molar-refractivity contribution in [3.8, 4) is 0 Å². The Hall–Kier alpha value is -2.19. The van der Waals surface area contributed by atoms with E-state index >= 15 is 0 Å². The van der Waals surface area contributed by atoms with Gasteiger partial charge in [0.25, 0.3) is 0 Å². The normalized spacial score (nSPS) is 34.7. The monoisotopic (exact) mass is 416 g/mol. The highest BCUT2D eigenvalue weighted by Gasteiger charge is 2.67. The Morgan fingerprint density at radius 3 is 2.76 bits per heavy atom. The van der Waals surface area contributed by atoms with Gasteiger partial charge in [-0.2, -0.15) is 0 Å².